The standard InChI is InChI=1S/C34H34N3O8/c1-20-9-7-8-10-23(20)32(38)45-22-12-13-25(29(18-22)43-6)24-14-15-27-31(36(4)33(39)34(2,3)35-27)26(24)19-44-30-17-21(37(40)41)11-16-28(30)42-5/h7-18,35H,19H2,1-6H3,(H,40,41)/q+1. The third kappa shape index (κ3) is 5.97. The normalized spacial score (nSPS) is 13.4. The van der Waals surface area contributed by atoms with Crippen molar-refractivity contribution in [2.75, 3.05) is 31.5 Å². The van der Waals surface area contributed by atoms with Crippen LogP contribution in [0.2, 0.25) is 0 Å². The van der Waals surface area contributed by atoms with Crippen LogP contribution in [0.4, 0.5) is 17.1 Å². The Morgan fingerprint density at radius 1 is 0.933 bits per heavy atom. The highest BCUT2D eigenvalue weighted by Crippen LogP contribution is 2.45. The first-order valence-corrected chi connectivity index (χ1v) is 14.1. The zero-order valence-electron chi connectivity index (χ0n) is 25.8. The molecule has 45 heavy (non-hydrogen) atoms. The highest BCUT2D eigenvalue weighted by atomic mass is 16.6. The van der Waals surface area contributed by atoms with Gasteiger partial charge in [0, 0.05) is 30.3 Å². The highest BCUT2D eigenvalue weighted by Gasteiger charge is 2.39. The molecule has 0 unspecified atom stereocenters. The summed E-state index contributed by atoms with van der Waals surface area (Å²) in [5, 5.41) is 12.8. The number of amides is 1. The van der Waals surface area contributed by atoms with Gasteiger partial charge in [0.1, 0.15) is 23.6 Å². The van der Waals surface area contributed by atoms with Gasteiger partial charge in [-0.15, -0.1) is 0 Å². The molecule has 4 aromatic rings. The van der Waals surface area contributed by atoms with Gasteiger partial charge in [-0.25, -0.2) is 10.0 Å². The van der Waals surface area contributed by atoms with E-state index >= 15 is 0 Å². The van der Waals surface area contributed by atoms with Crippen molar-refractivity contribution in [3.8, 4) is 34.1 Å². The fourth-order valence-electron chi connectivity index (χ4n) is 5.40. The van der Waals surface area contributed by atoms with Crippen molar-refractivity contribution in [3.05, 3.63) is 94.4 Å². The first kappa shape index (κ1) is 30.9. The maximum atomic E-state index is 13.4. The molecular formula is C34H34N3O8+. The van der Waals surface area contributed by atoms with Crippen LogP contribution >= 0.6 is 0 Å². The molecule has 1 aliphatic heterocycles. The number of esters is 1. The summed E-state index contributed by atoms with van der Waals surface area (Å²) in [5.74, 6) is 0.621. The number of rotatable bonds is 9. The molecule has 0 bridgehead atoms. The van der Waals surface area contributed by atoms with Crippen LogP contribution in [0.25, 0.3) is 11.1 Å². The number of nitrogens with one attached hydrogen (secondary N) is 1. The molecule has 1 heterocycles. The van der Waals surface area contributed by atoms with E-state index in [2.05, 4.69) is 5.32 Å². The van der Waals surface area contributed by atoms with E-state index in [-0.39, 0.29) is 28.9 Å². The molecule has 1 aliphatic rings. The van der Waals surface area contributed by atoms with E-state index in [0.717, 1.165) is 5.56 Å². The van der Waals surface area contributed by atoms with Crippen molar-refractivity contribution in [2.24, 2.45) is 0 Å². The lowest BCUT2D eigenvalue weighted by atomic mass is 9.91. The lowest BCUT2D eigenvalue weighted by molar-refractivity contribution is -0.729. The van der Waals surface area contributed by atoms with Gasteiger partial charge in [-0.1, -0.05) is 24.3 Å². The molecule has 2 N–H and O–H groups in total. The summed E-state index contributed by atoms with van der Waals surface area (Å²) in [6.45, 7) is 5.39. The molecule has 0 radical (unpaired) electrons. The van der Waals surface area contributed by atoms with E-state index in [0.29, 0.717) is 50.9 Å². The third-order valence-corrected chi connectivity index (χ3v) is 7.68. The number of carbonyl (C=O) groups excluding carboxylic acids is 2. The van der Waals surface area contributed by atoms with Crippen LogP contribution in [0.1, 0.15) is 35.3 Å². The summed E-state index contributed by atoms with van der Waals surface area (Å²) in [6, 6.07) is 20.3. The molecule has 0 fully saturated rings. The zero-order chi connectivity index (χ0) is 32.5. The minimum absolute atomic E-state index is 0.0469. The smallest absolute Gasteiger partial charge is 0.343 e. The van der Waals surface area contributed by atoms with Crippen molar-refractivity contribution >= 4 is 28.9 Å². The van der Waals surface area contributed by atoms with E-state index in [1.165, 1.54) is 32.4 Å². The number of carbonyl (C=O) groups is 2. The van der Waals surface area contributed by atoms with Crippen LogP contribution in [0.5, 0.6) is 23.0 Å². The predicted octanol–water partition coefficient (Wildman–Crippen LogP) is 6.44. The first-order chi connectivity index (χ1) is 21.4. The minimum Gasteiger partial charge on any atom is -0.496 e. The zero-order valence-corrected chi connectivity index (χ0v) is 25.8. The molecule has 232 valence electrons. The van der Waals surface area contributed by atoms with E-state index < -0.39 is 11.5 Å². The number of likely N-dealkylation sites (N-methyl/N-ethyl adjacent to an activating group) is 1. The maximum absolute atomic E-state index is 13.4. The lowest BCUT2D eigenvalue weighted by Gasteiger charge is -2.39. The first-order valence-electron chi connectivity index (χ1n) is 14.1. The van der Waals surface area contributed by atoms with Gasteiger partial charge in [0.05, 0.1) is 42.1 Å². The van der Waals surface area contributed by atoms with Crippen molar-refractivity contribution < 1.29 is 38.7 Å². The molecule has 0 saturated carbocycles. The van der Waals surface area contributed by atoms with E-state index in [1.54, 1.807) is 56.1 Å². The number of nitrogens with zero attached hydrogens (tertiary/aromatic N) is 2. The van der Waals surface area contributed by atoms with Gasteiger partial charge in [0.25, 0.3) is 10.8 Å². The predicted molar refractivity (Wildman–Crippen MR) is 168 cm³/mol. The van der Waals surface area contributed by atoms with Gasteiger partial charge in [-0.05, 0) is 62.2 Å². The number of aryl methyl sites for hydroxylation is 1. The minimum atomic E-state index is -0.849. The summed E-state index contributed by atoms with van der Waals surface area (Å²) in [4.78, 5) is 39.2. The Kier molecular flexibility index (Phi) is 8.36. The highest BCUT2D eigenvalue weighted by molar-refractivity contribution is 6.09. The summed E-state index contributed by atoms with van der Waals surface area (Å²) in [5.41, 5.74) is 3.64. The van der Waals surface area contributed by atoms with Crippen molar-refractivity contribution in [3.63, 3.8) is 0 Å². The van der Waals surface area contributed by atoms with Gasteiger partial charge in [0.2, 0.25) is 0 Å². The van der Waals surface area contributed by atoms with E-state index in [1.807, 2.05) is 31.2 Å². The average Bonchev–Trinajstić information content (AvgIpc) is 3.02. The Morgan fingerprint density at radius 3 is 2.33 bits per heavy atom. The third-order valence-electron chi connectivity index (χ3n) is 7.68. The number of anilines is 2. The molecule has 0 spiro atoms. The number of benzene rings is 4. The van der Waals surface area contributed by atoms with Gasteiger partial charge in [-0.3, -0.25) is 4.79 Å². The van der Waals surface area contributed by atoms with Crippen molar-refractivity contribution in [1.82, 2.24) is 0 Å². The molecule has 4 aromatic carbocycles. The SMILES string of the molecule is COc1ccc([N+](=O)O)cc1OCc1c(-c2ccc(OC(=O)c3ccccc3C)cc2OC)ccc2c1N(C)C(=O)C(C)(C)N2. The quantitative estimate of drug-likeness (QED) is 0.125. The summed E-state index contributed by atoms with van der Waals surface area (Å²) in [7, 11) is 4.67. The van der Waals surface area contributed by atoms with Crippen molar-refractivity contribution in [2.45, 2.75) is 32.9 Å². The van der Waals surface area contributed by atoms with Gasteiger partial charge in [0.15, 0.2) is 11.5 Å². The van der Waals surface area contributed by atoms with Crippen LogP contribution in [0.3, 0.4) is 0 Å². The second kappa shape index (κ2) is 12.2. The lowest BCUT2D eigenvalue weighted by Crippen LogP contribution is -2.52. The fourth-order valence-corrected chi connectivity index (χ4v) is 5.40. The fraction of sp³-hybridized carbons (Fsp3) is 0.235. The Bertz CT molecular complexity index is 1820. The Balaban J connectivity index is 1.59. The molecule has 0 aliphatic carbocycles. The molecule has 0 aromatic heterocycles. The topological polar surface area (TPSA) is 127 Å². The Morgan fingerprint density at radius 2 is 1.64 bits per heavy atom. The Labute approximate surface area is 260 Å². The summed E-state index contributed by atoms with van der Waals surface area (Å²) < 4.78 is 23.1. The molecule has 11 heteroatoms. The molecule has 0 atom stereocenters. The average molecular weight is 613 g/mol. The van der Waals surface area contributed by atoms with Gasteiger partial charge < -0.3 is 29.2 Å². The van der Waals surface area contributed by atoms with Crippen LogP contribution in [0, 0.1) is 11.8 Å². The number of ether oxygens (including phenoxy) is 4. The van der Waals surface area contributed by atoms with Crippen LogP contribution in [-0.4, -0.2) is 48.8 Å². The van der Waals surface area contributed by atoms with Crippen LogP contribution in [-0.2, 0) is 11.4 Å². The maximum Gasteiger partial charge on any atom is 0.343 e. The monoisotopic (exact) mass is 612 g/mol. The summed E-state index contributed by atoms with van der Waals surface area (Å²) >= 11 is 0. The van der Waals surface area contributed by atoms with E-state index in [4.69, 9.17) is 18.9 Å². The summed E-state index contributed by atoms with van der Waals surface area (Å²) in [6.07, 6.45) is 0. The molecule has 5 rings (SSSR count). The Hall–Kier alpha value is -5.58. The molecular weight excluding hydrogens is 578 g/mol. The molecule has 0 saturated heterocycles. The number of methoxy groups -OCH3 is 2. The number of fused-ring (bicyclic) bond motifs is 1. The van der Waals surface area contributed by atoms with Gasteiger partial charge in [-0.2, -0.15) is 0 Å². The number of hydrogen-bond donors (Lipinski definition) is 2. The van der Waals surface area contributed by atoms with E-state index in [9.17, 15) is 19.7 Å². The second-order valence-electron chi connectivity index (χ2n) is 11.1. The van der Waals surface area contributed by atoms with Crippen LogP contribution < -0.4 is 29.2 Å². The van der Waals surface area contributed by atoms with Crippen LogP contribution in [0.15, 0.2) is 72.8 Å². The number of hydrogen-bond acceptors (Lipinski definition) is 8. The molecule has 11 nitrogen and oxygen atoms in total. The van der Waals surface area contributed by atoms with Gasteiger partial charge >= 0.3 is 11.7 Å². The van der Waals surface area contributed by atoms with Crippen molar-refractivity contribution in [1.29, 1.82) is 0 Å². The largest absolute Gasteiger partial charge is 0.496 e. The molecule has 1 amide bonds. The second-order valence-corrected chi connectivity index (χ2v) is 11.1.